The molecule has 184 valence electrons. The number of benzene rings is 1. The molecule has 11 heteroatoms. The number of nitrogens with zero attached hydrogens (tertiary/aromatic N) is 6. The summed E-state index contributed by atoms with van der Waals surface area (Å²) < 4.78 is 35.8. The van der Waals surface area contributed by atoms with Crippen LogP contribution in [0, 0.1) is 23.0 Å². The van der Waals surface area contributed by atoms with Crippen LogP contribution in [0.4, 0.5) is 14.6 Å². The fraction of sp³-hybridized carbons (Fsp3) is 0.320. The van der Waals surface area contributed by atoms with Gasteiger partial charge in [0.1, 0.15) is 23.5 Å². The van der Waals surface area contributed by atoms with Gasteiger partial charge in [-0.15, -0.1) is 0 Å². The van der Waals surface area contributed by atoms with Crippen LogP contribution in [0.5, 0.6) is 0 Å². The Morgan fingerprint density at radius 3 is 2.81 bits per heavy atom. The van der Waals surface area contributed by atoms with Crippen molar-refractivity contribution >= 4 is 11.8 Å². The number of anilines is 1. The van der Waals surface area contributed by atoms with Crippen molar-refractivity contribution in [2.24, 2.45) is 11.3 Å². The highest BCUT2D eigenvalue weighted by Gasteiger charge is 2.55. The van der Waals surface area contributed by atoms with Gasteiger partial charge in [0.15, 0.2) is 17.5 Å². The third kappa shape index (κ3) is 3.62. The number of carboxylic acid groups (broad SMARTS) is 1. The molecule has 1 aliphatic heterocycles. The maximum atomic E-state index is 14.9. The zero-order chi connectivity index (χ0) is 24.9. The summed E-state index contributed by atoms with van der Waals surface area (Å²) in [7, 11) is 0. The number of carbonyl (C=O) groups is 1. The molecule has 0 radical (unpaired) electrons. The Morgan fingerprint density at radius 2 is 2.06 bits per heavy atom. The summed E-state index contributed by atoms with van der Waals surface area (Å²) in [6.07, 6.45) is 4.72. The fourth-order valence-corrected chi connectivity index (χ4v) is 5.49. The van der Waals surface area contributed by atoms with E-state index in [2.05, 4.69) is 20.2 Å². The summed E-state index contributed by atoms with van der Waals surface area (Å²) in [6.45, 7) is 0.746. The van der Waals surface area contributed by atoms with Crippen LogP contribution in [0.3, 0.4) is 0 Å². The molecule has 1 aromatic carbocycles. The fourth-order valence-electron chi connectivity index (χ4n) is 5.49. The summed E-state index contributed by atoms with van der Waals surface area (Å²) in [6, 6.07) is 9.74. The van der Waals surface area contributed by atoms with Crippen LogP contribution < -0.4 is 4.90 Å². The second kappa shape index (κ2) is 8.51. The van der Waals surface area contributed by atoms with Crippen molar-refractivity contribution < 1.29 is 23.2 Å². The van der Waals surface area contributed by atoms with E-state index >= 15 is 0 Å². The highest BCUT2D eigenvalue weighted by Crippen LogP contribution is 2.50. The molecule has 9 nitrogen and oxygen atoms in total. The first-order chi connectivity index (χ1) is 17.4. The third-order valence-electron chi connectivity index (χ3n) is 7.31. The summed E-state index contributed by atoms with van der Waals surface area (Å²) in [5, 5.41) is 18.5. The van der Waals surface area contributed by atoms with Crippen molar-refractivity contribution in [2.45, 2.75) is 25.8 Å². The molecule has 0 amide bonds. The Labute approximate surface area is 204 Å². The second-order valence-electron chi connectivity index (χ2n) is 9.34. The normalized spacial score (nSPS) is 21.2. The van der Waals surface area contributed by atoms with Crippen molar-refractivity contribution in [2.75, 3.05) is 18.0 Å². The predicted molar refractivity (Wildman–Crippen MR) is 124 cm³/mol. The van der Waals surface area contributed by atoms with Crippen molar-refractivity contribution in [3.05, 3.63) is 66.1 Å². The van der Waals surface area contributed by atoms with Crippen LogP contribution in [0.1, 0.15) is 24.8 Å². The number of hydrogen-bond donors (Lipinski definition) is 1. The Hall–Kier alpha value is -4.15. The minimum absolute atomic E-state index is 0.0495. The number of hydrogen-bond acceptors (Lipinski definition) is 7. The first-order valence-electron chi connectivity index (χ1n) is 11.7. The average molecular weight is 492 g/mol. The van der Waals surface area contributed by atoms with E-state index < -0.39 is 17.2 Å². The quantitative estimate of drug-likeness (QED) is 0.430. The van der Waals surface area contributed by atoms with E-state index in [0.717, 1.165) is 19.0 Å². The van der Waals surface area contributed by atoms with Gasteiger partial charge in [0.2, 0.25) is 0 Å². The van der Waals surface area contributed by atoms with Gasteiger partial charge in [-0.1, -0.05) is 29.8 Å². The molecule has 1 N–H and O–H groups in total. The van der Waals surface area contributed by atoms with E-state index in [0.29, 0.717) is 35.6 Å². The molecule has 6 rings (SSSR count). The van der Waals surface area contributed by atoms with Crippen LogP contribution in [0.25, 0.3) is 22.9 Å². The number of fused-ring (bicyclic) bond motifs is 1. The number of rotatable bonds is 6. The van der Waals surface area contributed by atoms with Crippen molar-refractivity contribution in [1.29, 1.82) is 0 Å². The van der Waals surface area contributed by atoms with Crippen LogP contribution >= 0.6 is 0 Å². The molecule has 4 aromatic rings. The van der Waals surface area contributed by atoms with Crippen molar-refractivity contribution in [3.63, 3.8) is 0 Å². The van der Waals surface area contributed by atoms with Crippen molar-refractivity contribution in [3.8, 4) is 22.9 Å². The van der Waals surface area contributed by atoms with Crippen LogP contribution in [0.2, 0.25) is 0 Å². The van der Waals surface area contributed by atoms with E-state index in [1.54, 1.807) is 39.9 Å². The zero-order valence-electron chi connectivity index (χ0n) is 19.1. The molecule has 0 bridgehead atoms. The molecule has 36 heavy (non-hydrogen) atoms. The molecule has 2 aliphatic rings. The molecular formula is C25H22F2N6O3. The maximum Gasteiger partial charge on any atom is 0.311 e. The van der Waals surface area contributed by atoms with Gasteiger partial charge < -0.3 is 14.5 Å². The van der Waals surface area contributed by atoms with E-state index in [9.17, 15) is 18.7 Å². The third-order valence-corrected chi connectivity index (χ3v) is 7.31. The van der Waals surface area contributed by atoms with Gasteiger partial charge in [-0.3, -0.25) is 9.48 Å². The standard InChI is InChI=1S/C25H22F2N6O3/c26-17-6-2-1-4-15(17)12-33-21(19-7-9-36-31-19)10-20(30-33)22-28-11-18(27)23(29-22)32-13-16-5-3-8-25(16,14-32)24(34)35/h1-2,4,6-7,9-11,16H,3,5,8,12-14H2,(H,34,35). The van der Waals surface area contributed by atoms with Gasteiger partial charge in [-0.25, -0.2) is 18.7 Å². The summed E-state index contributed by atoms with van der Waals surface area (Å²) in [5.41, 5.74) is 0.942. The van der Waals surface area contributed by atoms with Gasteiger partial charge >= 0.3 is 5.97 Å². The lowest BCUT2D eigenvalue weighted by molar-refractivity contribution is -0.149. The zero-order valence-corrected chi connectivity index (χ0v) is 19.1. The van der Waals surface area contributed by atoms with E-state index in [1.807, 2.05) is 0 Å². The van der Waals surface area contributed by atoms with Gasteiger partial charge in [0.05, 0.1) is 23.9 Å². The van der Waals surface area contributed by atoms with Crippen molar-refractivity contribution in [1.82, 2.24) is 24.9 Å². The second-order valence-corrected chi connectivity index (χ2v) is 9.34. The highest BCUT2D eigenvalue weighted by atomic mass is 19.1. The Balaban J connectivity index is 1.37. The maximum absolute atomic E-state index is 14.9. The molecule has 1 aliphatic carbocycles. The summed E-state index contributed by atoms with van der Waals surface area (Å²) in [4.78, 5) is 22.4. The molecule has 3 aromatic heterocycles. The SMILES string of the molecule is O=C(O)C12CCCC1CN(c1nc(-c3cc(-c4ccon4)n(Cc4ccccc4F)n3)ncc1F)C2. The van der Waals surface area contributed by atoms with Crippen LogP contribution in [-0.4, -0.2) is 49.1 Å². The monoisotopic (exact) mass is 492 g/mol. The minimum atomic E-state index is -0.876. The lowest BCUT2D eigenvalue weighted by Gasteiger charge is -2.23. The van der Waals surface area contributed by atoms with Crippen LogP contribution in [-0.2, 0) is 11.3 Å². The first kappa shape index (κ1) is 22.3. The lowest BCUT2D eigenvalue weighted by Crippen LogP contribution is -2.36. The van der Waals surface area contributed by atoms with Crippen LogP contribution in [0.15, 0.2) is 53.4 Å². The average Bonchev–Trinajstić information content (AvgIpc) is 3.64. The number of halogens is 2. The first-order valence-corrected chi connectivity index (χ1v) is 11.7. The van der Waals surface area contributed by atoms with E-state index in [-0.39, 0.29) is 36.5 Å². The van der Waals surface area contributed by atoms with Gasteiger partial charge in [-0.2, -0.15) is 5.10 Å². The molecule has 2 unspecified atom stereocenters. The molecule has 2 fully saturated rings. The lowest BCUT2D eigenvalue weighted by atomic mass is 9.81. The van der Waals surface area contributed by atoms with E-state index in [4.69, 9.17) is 4.52 Å². The highest BCUT2D eigenvalue weighted by molar-refractivity contribution is 5.78. The predicted octanol–water partition coefficient (Wildman–Crippen LogP) is 4.01. The Morgan fingerprint density at radius 1 is 1.19 bits per heavy atom. The van der Waals surface area contributed by atoms with E-state index in [1.165, 1.54) is 12.3 Å². The van der Waals surface area contributed by atoms with Gasteiger partial charge in [0.25, 0.3) is 0 Å². The molecule has 4 heterocycles. The molecule has 2 atom stereocenters. The molecule has 1 saturated carbocycles. The molecule has 0 spiro atoms. The topological polar surface area (TPSA) is 110 Å². The van der Waals surface area contributed by atoms with Gasteiger partial charge in [0, 0.05) is 24.7 Å². The smallest absolute Gasteiger partial charge is 0.311 e. The minimum Gasteiger partial charge on any atom is -0.481 e. The summed E-state index contributed by atoms with van der Waals surface area (Å²) in [5.74, 6) is -1.65. The van der Waals surface area contributed by atoms with Gasteiger partial charge in [-0.05, 0) is 30.9 Å². The summed E-state index contributed by atoms with van der Waals surface area (Å²) >= 11 is 0. The Kier molecular flexibility index (Phi) is 5.27. The largest absolute Gasteiger partial charge is 0.481 e. The number of aromatic nitrogens is 5. The molecular weight excluding hydrogens is 470 g/mol. The molecule has 1 saturated heterocycles. The number of aliphatic carboxylic acids is 1. The Bertz CT molecular complexity index is 1440. The number of carboxylic acids is 1.